The number of hydrogen-bond donors (Lipinski definition) is 1. The van der Waals surface area contributed by atoms with Gasteiger partial charge in [0.15, 0.2) is 15.6 Å². The summed E-state index contributed by atoms with van der Waals surface area (Å²) in [6.45, 7) is 8.90. The molecule has 1 aromatic heterocycles. The second-order valence-electron chi connectivity index (χ2n) is 12.4. The Morgan fingerprint density at radius 2 is 1.95 bits per heavy atom. The number of rotatable bonds is 10. The lowest BCUT2D eigenvalue weighted by Gasteiger charge is -2.29. The number of amides is 2. The summed E-state index contributed by atoms with van der Waals surface area (Å²) >= 11 is 6.28. The number of sulfone groups is 1. The third-order valence-corrected chi connectivity index (χ3v) is 10.3. The van der Waals surface area contributed by atoms with Gasteiger partial charge in [0.05, 0.1) is 18.9 Å². The fourth-order valence-electron chi connectivity index (χ4n) is 5.47. The average Bonchev–Trinajstić information content (AvgIpc) is 3.84. The zero-order valence-electron chi connectivity index (χ0n) is 24.6. The van der Waals surface area contributed by atoms with Gasteiger partial charge < -0.3 is 19.5 Å². The zero-order valence-corrected chi connectivity index (χ0v) is 26.2. The number of nitrogens with zero attached hydrogens (tertiary/aromatic N) is 2. The largest absolute Gasteiger partial charge is 0.497 e. The molecule has 43 heavy (non-hydrogen) atoms. The van der Waals surface area contributed by atoms with Crippen molar-refractivity contribution in [2.24, 2.45) is 5.92 Å². The maximum atomic E-state index is 13.8. The van der Waals surface area contributed by atoms with E-state index in [1.165, 1.54) is 4.90 Å². The molecule has 0 unspecified atom stereocenters. The molecule has 3 aliphatic rings. The Balaban J connectivity index is 1.39. The zero-order chi connectivity index (χ0) is 31.3. The van der Waals surface area contributed by atoms with Crippen LogP contribution in [0.5, 0.6) is 11.6 Å². The normalized spacial score (nSPS) is 25.2. The highest BCUT2D eigenvalue weighted by Gasteiger charge is 2.61. The summed E-state index contributed by atoms with van der Waals surface area (Å²) < 4.78 is 42.3. The molecule has 4 atom stereocenters. The highest BCUT2D eigenvalue weighted by atomic mass is 35.5. The summed E-state index contributed by atoms with van der Waals surface area (Å²) in [6.07, 6.45) is 1.54. The van der Waals surface area contributed by atoms with E-state index in [2.05, 4.69) is 16.9 Å². The van der Waals surface area contributed by atoms with Gasteiger partial charge in [-0.1, -0.05) is 17.7 Å². The van der Waals surface area contributed by atoms with Crippen molar-refractivity contribution < 1.29 is 37.0 Å². The third-order valence-electron chi connectivity index (χ3n) is 7.95. The smallest absolute Gasteiger partial charge is 0.411 e. The molecule has 13 heteroatoms. The van der Waals surface area contributed by atoms with Gasteiger partial charge in [-0.3, -0.25) is 14.5 Å². The van der Waals surface area contributed by atoms with E-state index in [0.717, 1.165) is 5.39 Å². The Morgan fingerprint density at radius 3 is 2.56 bits per heavy atom. The van der Waals surface area contributed by atoms with Gasteiger partial charge in [0, 0.05) is 17.7 Å². The predicted octanol–water partition coefficient (Wildman–Crippen LogP) is 3.86. The highest BCUT2D eigenvalue weighted by Crippen LogP contribution is 2.46. The summed E-state index contributed by atoms with van der Waals surface area (Å²) in [7, 11) is -2.04. The van der Waals surface area contributed by atoms with Crippen molar-refractivity contribution in [3.05, 3.63) is 42.1 Å². The van der Waals surface area contributed by atoms with E-state index in [9.17, 15) is 22.8 Å². The number of ether oxygens (including phenoxy) is 3. The molecule has 0 radical (unpaired) electrons. The number of pyridine rings is 1. The van der Waals surface area contributed by atoms with Crippen molar-refractivity contribution in [3.63, 3.8) is 0 Å². The molecule has 3 fully saturated rings. The van der Waals surface area contributed by atoms with Gasteiger partial charge in [-0.15, -0.1) is 6.58 Å². The van der Waals surface area contributed by atoms with Crippen molar-refractivity contribution in [2.75, 3.05) is 19.4 Å². The van der Waals surface area contributed by atoms with Crippen molar-refractivity contribution in [1.29, 1.82) is 0 Å². The van der Waals surface area contributed by atoms with Crippen LogP contribution in [0.4, 0.5) is 4.79 Å². The molecule has 5 rings (SSSR count). The van der Waals surface area contributed by atoms with Crippen molar-refractivity contribution in [2.45, 2.75) is 75.0 Å². The molecule has 11 nitrogen and oxygen atoms in total. The number of ketones is 1. The molecule has 1 saturated heterocycles. The highest BCUT2D eigenvalue weighted by molar-refractivity contribution is 7.93. The molecule has 1 aliphatic heterocycles. The number of likely N-dealkylation sites (tertiary alicyclic amines) is 1. The lowest BCUT2D eigenvalue weighted by atomic mass is 10.1. The molecule has 0 spiro atoms. The minimum atomic E-state index is -3.60. The third kappa shape index (κ3) is 6.59. The Kier molecular flexibility index (Phi) is 8.14. The van der Waals surface area contributed by atoms with Crippen LogP contribution in [0.15, 0.2) is 36.9 Å². The Morgan fingerprint density at radius 1 is 1.23 bits per heavy atom. The second kappa shape index (κ2) is 11.3. The summed E-state index contributed by atoms with van der Waals surface area (Å²) in [6, 6.07) is 5.95. The number of carbonyl (C=O) groups excluding carboxylic acids is 3. The molecular formula is C30H36ClN3O8S. The van der Waals surface area contributed by atoms with E-state index >= 15 is 0 Å². The summed E-state index contributed by atoms with van der Waals surface area (Å²) in [5.41, 5.74) is -2.22. The van der Waals surface area contributed by atoms with Crippen LogP contribution in [-0.4, -0.2) is 84.0 Å². The summed E-state index contributed by atoms with van der Waals surface area (Å²) in [4.78, 5) is 46.0. The Hall–Kier alpha value is -3.38. The summed E-state index contributed by atoms with van der Waals surface area (Å²) in [5, 5.41) is 3.88. The second-order valence-corrected chi connectivity index (χ2v) is 15.1. The number of nitrogens with one attached hydrogen (secondary N) is 1. The number of Topliss-reactive ketones (excluding diaryl/α,β-unsaturated/α-hetero) is 1. The van der Waals surface area contributed by atoms with E-state index in [0.29, 0.717) is 24.0 Å². The van der Waals surface area contributed by atoms with Crippen LogP contribution in [0.3, 0.4) is 0 Å². The van der Waals surface area contributed by atoms with Crippen molar-refractivity contribution >= 4 is 50.0 Å². The van der Waals surface area contributed by atoms with E-state index in [4.69, 9.17) is 25.8 Å². The molecule has 1 aromatic carbocycles. The van der Waals surface area contributed by atoms with Crippen LogP contribution in [-0.2, 0) is 24.2 Å². The average molecular weight is 634 g/mol. The van der Waals surface area contributed by atoms with E-state index in [-0.39, 0.29) is 30.4 Å². The molecule has 0 bridgehead atoms. The fourth-order valence-corrected chi connectivity index (χ4v) is 7.37. The maximum Gasteiger partial charge on any atom is 0.411 e. The van der Waals surface area contributed by atoms with Gasteiger partial charge in [0.1, 0.15) is 39.9 Å². The van der Waals surface area contributed by atoms with Crippen LogP contribution in [0.25, 0.3) is 10.8 Å². The van der Waals surface area contributed by atoms with Crippen LogP contribution in [0.2, 0.25) is 5.15 Å². The molecule has 2 aliphatic carbocycles. The van der Waals surface area contributed by atoms with Gasteiger partial charge >= 0.3 is 6.09 Å². The first-order chi connectivity index (χ1) is 20.2. The lowest BCUT2D eigenvalue weighted by Crippen LogP contribution is -2.54. The molecule has 2 amide bonds. The SMILES string of the molecule is C=C[C@@H]1C[C@]1(NC(=O)[C@@H]1C[C@@H](Oc2nc(Cl)cc3cc(OC)ccc23)CN1C(=O)OC(C)(C)C)C(=O)CS(=O)(=O)C1CC1. The molecule has 2 aromatic rings. The minimum Gasteiger partial charge on any atom is -0.497 e. The van der Waals surface area contributed by atoms with Gasteiger partial charge in [-0.05, 0) is 69.7 Å². The molecule has 232 valence electrons. The lowest BCUT2D eigenvalue weighted by molar-refractivity contribution is -0.130. The first-order valence-electron chi connectivity index (χ1n) is 14.2. The van der Waals surface area contributed by atoms with Crippen molar-refractivity contribution in [3.8, 4) is 11.6 Å². The molecule has 1 N–H and O–H groups in total. The predicted molar refractivity (Wildman–Crippen MR) is 160 cm³/mol. The standard InChI is InChI=1S/C30H36ClN3O8S/c1-6-18-14-30(18,24(35)16-43(38,39)21-8-9-21)33-26(36)23-13-20(15-34(23)28(37)42-29(2,3)4)41-27-22-10-7-19(40-5)11-17(22)12-25(31)32-27/h6-7,10-12,18,20-21,23H,1,8-9,13-16H2,2-5H3,(H,33,36)/t18-,20-,23+,30-/m1/s1. The number of fused-ring (bicyclic) bond motifs is 1. The van der Waals surface area contributed by atoms with Crippen molar-refractivity contribution in [1.82, 2.24) is 15.2 Å². The summed E-state index contributed by atoms with van der Waals surface area (Å²) in [5.74, 6) is -1.38. The van der Waals surface area contributed by atoms with Crippen LogP contribution >= 0.6 is 11.6 Å². The maximum absolute atomic E-state index is 13.8. The first kappa shape index (κ1) is 31.1. The first-order valence-corrected chi connectivity index (χ1v) is 16.2. The van der Waals surface area contributed by atoms with E-state index in [1.54, 1.807) is 58.2 Å². The van der Waals surface area contributed by atoms with Gasteiger partial charge in [0.2, 0.25) is 11.8 Å². The number of hydrogen-bond acceptors (Lipinski definition) is 9. The van der Waals surface area contributed by atoms with Crippen LogP contribution in [0.1, 0.15) is 46.5 Å². The number of benzene rings is 1. The Labute approximate surface area is 255 Å². The monoisotopic (exact) mass is 633 g/mol. The quantitative estimate of drug-likeness (QED) is 0.305. The molecule has 2 saturated carbocycles. The topological polar surface area (TPSA) is 141 Å². The van der Waals surface area contributed by atoms with Gasteiger partial charge in [0.25, 0.3) is 0 Å². The number of methoxy groups -OCH3 is 1. The number of halogens is 1. The van der Waals surface area contributed by atoms with E-state index in [1.807, 2.05) is 0 Å². The van der Waals surface area contributed by atoms with Gasteiger partial charge in [-0.25, -0.2) is 18.2 Å². The van der Waals surface area contributed by atoms with Crippen LogP contribution < -0.4 is 14.8 Å². The Bertz CT molecular complexity index is 1590. The fraction of sp³-hybridized carbons (Fsp3) is 0.533. The van der Waals surface area contributed by atoms with E-state index < -0.39 is 67.8 Å². The van der Waals surface area contributed by atoms with Gasteiger partial charge in [-0.2, -0.15) is 0 Å². The van der Waals surface area contributed by atoms with Crippen LogP contribution in [0, 0.1) is 5.92 Å². The molecule has 2 heterocycles. The minimum absolute atomic E-state index is 0.000728. The number of carbonyl (C=O) groups is 3. The number of aromatic nitrogens is 1. The molecular weight excluding hydrogens is 598 g/mol.